The summed E-state index contributed by atoms with van der Waals surface area (Å²) in [5, 5.41) is 4.54. The van der Waals surface area contributed by atoms with E-state index in [1.807, 2.05) is 12.1 Å². The number of nitrogens with one attached hydrogen (secondary N) is 1. The van der Waals surface area contributed by atoms with E-state index in [0.29, 0.717) is 0 Å². The molecule has 0 unspecified atom stereocenters. The molecule has 0 aliphatic carbocycles. The maximum atomic E-state index is 5.40. The zero-order valence-electron chi connectivity index (χ0n) is 16.1. The van der Waals surface area contributed by atoms with Crippen LogP contribution >= 0.6 is 35.5 Å². The molecule has 3 rings (SSSR count). The van der Waals surface area contributed by atoms with Crippen LogP contribution in [0.5, 0.6) is 0 Å². The van der Waals surface area contributed by atoms with Gasteiger partial charge in [-0.05, 0) is 18.6 Å². The Morgan fingerprint density at radius 2 is 2.11 bits per heavy atom. The number of guanidine groups is 1. The van der Waals surface area contributed by atoms with Crippen molar-refractivity contribution in [3.05, 3.63) is 30.0 Å². The molecule has 1 saturated heterocycles. The Bertz CT molecular complexity index is 682. The predicted molar refractivity (Wildman–Crippen MR) is 121 cm³/mol. The maximum absolute atomic E-state index is 5.40. The van der Waals surface area contributed by atoms with Crippen LogP contribution in [0.25, 0.3) is 0 Å². The average molecular weight is 504 g/mol. The van der Waals surface area contributed by atoms with Crippen molar-refractivity contribution in [3.8, 4) is 0 Å². The second-order valence-electron chi connectivity index (χ2n) is 6.28. The highest BCUT2D eigenvalue weighted by atomic mass is 127. The van der Waals surface area contributed by atoms with Crippen LogP contribution in [0.3, 0.4) is 0 Å². The molecule has 1 aliphatic heterocycles. The summed E-state index contributed by atoms with van der Waals surface area (Å²) in [6.45, 7) is 9.70. The van der Waals surface area contributed by atoms with Crippen molar-refractivity contribution in [2.75, 3.05) is 44.2 Å². The van der Waals surface area contributed by atoms with Crippen LogP contribution in [0.1, 0.15) is 31.9 Å². The number of furan rings is 1. The molecule has 1 aliphatic rings. The van der Waals surface area contributed by atoms with Gasteiger partial charge in [0, 0.05) is 63.6 Å². The van der Waals surface area contributed by atoms with E-state index in [9.17, 15) is 0 Å². The van der Waals surface area contributed by atoms with E-state index < -0.39 is 0 Å². The summed E-state index contributed by atoms with van der Waals surface area (Å²) in [7, 11) is 0. The lowest BCUT2D eigenvalue weighted by Crippen LogP contribution is -2.53. The minimum atomic E-state index is 0. The third kappa shape index (κ3) is 6.34. The fraction of sp³-hybridized carbons (Fsp3) is 0.611. The van der Waals surface area contributed by atoms with Crippen molar-refractivity contribution in [3.63, 3.8) is 0 Å². The first-order chi connectivity index (χ1) is 12.8. The molecule has 0 spiro atoms. The summed E-state index contributed by atoms with van der Waals surface area (Å²) >= 11 is 1.51. The summed E-state index contributed by atoms with van der Waals surface area (Å²) in [6.07, 6.45) is 4.53. The van der Waals surface area contributed by atoms with E-state index in [-0.39, 0.29) is 24.0 Å². The standard InChI is InChI=1S/C18H28N6OS.HI/c1-3-8-19-17(20-9-7-15-6-5-14-25-15)23-10-12-24(13-11-23)18-21-16(4-2)22-26-18;/h5-6,14H,3-4,7-13H2,1-2H3,(H,19,20);1H. The van der Waals surface area contributed by atoms with Gasteiger partial charge in [0.25, 0.3) is 0 Å². The third-order valence-corrected chi connectivity index (χ3v) is 5.16. The Morgan fingerprint density at radius 1 is 1.30 bits per heavy atom. The van der Waals surface area contributed by atoms with Crippen LogP contribution in [0.2, 0.25) is 0 Å². The number of aryl methyl sites for hydroxylation is 1. The minimum absolute atomic E-state index is 0. The molecule has 9 heteroatoms. The number of aromatic nitrogens is 2. The van der Waals surface area contributed by atoms with Gasteiger partial charge in [-0.1, -0.05) is 13.8 Å². The fourth-order valence-corrected chi connectivity index (χ4v) is 3.67. The van der Waals surface area contributed by atoms with Gasteiger partial charge in [0.05, 0.1) is 6.26 Å². The normalized spacial score (nSPS) is 15.0. The van der Waals surface area contributed by atoms with Gasteiger partial charge in [0.2, 0.25) is 5.13 Å². The molecule has 0 bridgehead atoms. The molecule has 0 atom stereocenters. The van der Waals surface area contributed by atoms with Gasteiger partial charge in [0.15, 0.2) is 5.96 Å². The van der Waals surface area contributed by atoms with Gasteiger partial charge in [-0.15, -0.1) is 24.0 Å². The summed E-state index contributed by atoms with van der Waals surface area (Å²) in [5.41, 5.74) is 0. The molecule has 150 valence electrons. The molecule has 1 fully saturated rings. The van der Waals surface area contributed by atoms with Crippen LogP contribution in [0.15, 0.2) is 27.8 Å². The summed E-state index contributed by atoms with van der Waals surface area (Å²) < 4.78 is 9.80. The number of hydrogen-bond donors (Lipinski definition) is 1. The highest BCUT2D eigenvalue weighted by Gasteiger charge is 2.22. The van der Waals surface area contributed by atoms with Crippen molar-refractivity contribution in [1.82, 2.24) is 19.6 Å². The van der Waals surface area contributed by atoms with Crippen molar-refractivity contribution in [2.45, 2.75) is 33.1 Å². The van der Waals surface area contributed by atoms with Crippen LogP contribution in [0, 0.1) is 0 Å². The van der Waals surface area contributed by atoms with Gasteiger partial charge in [-0.2, -0.15) is 4.37 Å². The number of rotatable bonds is 7. The van der Waals surface area contributed by atoms with Gasteiger partial charge >= 0.3 is 0 Å². The number of halogens is 1. The first-order valence-corrected chi connectivity index (χ1v) is 10.2. The van der Waals surface area contributed by atoms with Crippen molar-refractivity contribution in [1.29, 1.82) is 0 Å². The van der Waals surface area contributed by atoms with Gasteiger partial charge in [0.1, 0.15) is 11.6 Å². The first-order valence-electron chi connectivity index (χ1n) is 9.43. The quantitative estimate of drug-likeness (QED) is 0.355. The average Bonchev–Trinajstić information content (AvgIpc) is 3.36. The van der Waals surface area contributed by atoms with Crippen LogP contribution < -0.4 is 10.2 Å². The Labute approximate surface area is 182 Å². The Morgan fingerprint density at radius 3 is 2.74 bits per heavy atom. The van der Waals surface area contributed by atoms with Crippen molar-refractivity contribution in [2.24, 2.45) is 4.99 Å². The van der Waals surface area contributed by atoms with Gasteiger partial charge < -0.3 is 19.5 Å². The largest absolute Gasteiger partial charge is 0.469 e. The fourth-order valence-electron chi connectivity index (χ4n) is 2.86. The molecule has 0 aromatic carbocycles. The van der Waals surface area contributed by atoms with Crippen molar-refractivity contribution < 1.29 is 4.42 Å². The topological polar surface area (TPSA) is 69.8 Å². The molecule has 0 radical (unpaired) electrons. The lowest BCUT2D eigenvalue weighted by atomic mass is 10.3. The molecule has 1 N–H and O–H groups in total. The molecule has 2 aromatic rings. The molecule has 2 aromatic heterocycles. The second-order valence-corrected chi connectivity index (χ2v) is 7.01. The highest BCUT2D eigenvalue weighted by Crippen LogP contribution is 2.19. The Balaban J connectivity index is 0.00000261. The molecule has 3 heterocycles. The van der Waals surface area contributed by atoms with E-state index in [4.69, 9.17) is 9.41 Å². The number of hydrogen-bond acceptors (Lipinski definition) is 6. The van der Waals surface area contributed by atoms with E-state index in [2.05, 4.69) is 38.3 Å². The van der Waals surface area contributed by atoms with E-state index in [1.165, 1.54) is 11.5 Å². The molecule has 0 amide bonds. The molecular weight excluding hydrogens is 475 g/mol. The Hall–Kier alpha value is -1.36. The zero-order chi connectivity index (χ0) is 18.2. The van der Waals surface area contributed by atoms with E-state index in [1.54, 1.807) is 6.26 Å². The van der Waals surface area contributed by atoms with Crippen molar-refractivity contribution >= 4 is 46.6 Å². The van der Waals surface area contributed by atoms with E-state index >= 15 is 0 Å². The second kappa shape index (κ2) is 11.5. The SMILES string of the molecule is CCCN=C(NCCc1ccco1)N1CCN(c2nc(CC)ns2)CC1.I. The number of anilines is 1. The van der Waals surface area contributed by atoms with Gasteiger partial charge in [-0.3, -0.25) is 4.99 Å². The summed E-state index contributed by atoms with van der Waals surface area (Å²) in [5.74, 6) is 2.95. The minimum Gasteiger partial charge on any atom is -0.469 e. The van der Waals surface area contributed by atoms with Crippen LogP contribution in [-0.2, 0) is 12.8 Å². The monoisotopic (exact) mass is 504 g/mol. The smallest absolute Gasteiger partial charge is 0.205 e. The van der Waals surface area contributed by atoms with Crippen LogP contribution in [-0.4, -0.2) is 59.5 Å². The predicted octanol–water partition coefficient (Wildman–Crippen LogP) is 3.03. The lowest BCUT2D eigenvalue weighted by molar-refractivity contribution is 0.371. The summed E-state index contributed by atoms with van der Waals surface area (Å²) in [6, 6.07) is 3.94. The zero-order valence-corrected chi connectivity index (χ0v) is 19.2. The van der Waals surface area contributed by atoms with Gasteiger partial charge in [-0.25, -0.2) is 4.98 Å². The number of aliphatic imine (C=N–C) groups is 1. The highest BCUT2D eigenvalue weighted by molar-refractivity contribution is 14.0. The van der Waals surface area contributed by atoms with E-state index in [0.717, 1.165) is 81.2 Å². The number of nitrogens with zero attached hydrogens (tertiary/aromatic N) is 5. The molecule has 27 heavy (non-hydrogen) atoms. The molecule has 7 nitrogen and oxygen atoms in total. The molecule has 0 saturated carbocycles. The Kier molecular flexibility index (Phi) is 9.32. The summed E-state index contributed by atoms with van der Waals surface area (Å²) in [4.78, 5) is 14.0. The van der Waals surface area contributed by atoms with Crippen LogP contribution in [0.4, 0.5) is 5.13 Å². The molecular formula is C18H29IN6OS. The first kappa shape index (κ1) is 21.9. The number of piperazine rings is 1. The lowest BCUT2D eigenvalue weighted by Gasteiger charge is -2.36. The third-order valence-electron chi connectivity index (χ3n) is 4.34. The maximum Gasteiger partial charge on any atom is 0.205 e.